The Morgan fingerprint density at radius 2 is 2.11 bits per heavy atom. The van der Waals surface area contributed by atoms with Crippen LogP contribution in [0.2, 0.25) is 0 Å². The standard InChI is InChI=1S/C14H18N2O2/c17-13(18-12-4-2-1-3-5-12)16-9-7-14(11-16)6-8-15-10-14/h1-5,15H,6-11H2. The number of carbonyl (C=O) groups is 1. The summed E-state index contributed by atoms with van der Waals surface area (Å²) in [4.78, 5) is 13.9. The predicted molar refractivity (Wildman–Crippen MR) is 68.6 cm³/mol. The van der Waals surface area contributed by atoms with Crippen LogP contribution in [0.1, 0.15) is 12.8 Å². The molecule has 0 aliphatic carbocycles. The van der Waals surface area contributed by atoms with Gasteiger partial charge in [-0.15, -0.1) is 0 Å². The SMILES string of the molecule is O=C(Oc1ccccc1)N1CCC2(CCNC2)C1. The quantitative estimate of drug-likeness (QED) is 0.822. The summed E-state index contributed by atoms with van der Waals surface area (Å²) in [5, 5.41) is 3.39. The van der Waals surface area contributed by atoms with E-state index in [1.165, 1.54) is 6.42 Å². The number of para-hydroxylation sites is 1. The molecule has 2 saturated heterocycles. The molecule has 1 atom stereocenters. The van der Waals surface area contributed by atoms with Gasteiger partial charge in [0.25, 0.3) is 0 Å². The lowest BCUT2D eigenvalue weighted by atomic mass is 9.87. The van der Waals surface area contributed by atoms with E-state index in [9.17, 15) is 4.79 Å². The fraction of sp³-hybridized carbons (Fsp3) is 0.500. The van der Waals surface area contributed by atoms with E-state index in [0.717, 1.165) is 32.6 Å². The summed E-state index contributed by atoms with van der Waals surface area (Å²) in [5.74, 6) is 0.619. The minimum absolute atomic E-state index is 0.218. The molecular formula is C14H18N2O2. The van der Waals surface area contributed by atoms with Crippen LogP contribution in [0.3, 0.4) is 0 Å². The van der Waals surface area contributed by atoms with Crippen molar-refractivity contribution in [1.29, 1.82) is 0 Å². The van der Waals surface area contributed by atoms with Crippen LogP contribution in [0, 0.1) is 5.41 Å². The third-order valence-electron chi connectivity index (χ3n) is 3.98. The van der Waals surface area contributed by atoms with Crippen molar-refractivity contribution in [2.45, 2.75) is 12.8 Å². The van der Waals surface area contributed by atoms with Crippen LogP contribution in [-0.4, -0.2) is 37.2 Å². The molecule has 1 N–H and O–H groups in total. The van der Waals surface area contributed by atoms with Gasteiger partial charge in [-0.2, -0.15) is 0 Å². The summed E-state index contributed by atoms with van der Waals surface area (Å²) in [5.41, 5.74) is 0.301. The van der Waals surface area contributed by atoms with Crippen LogP contribution in [0.4, 0.5) is 4.79 Å². The number of amides is 1. The highest BCUT2D eigenvalue weighted by atomic mass is 16.6. The zero-order chi connectivity index (χ0) is 12.4. The van der Waals surface area contributed by atoms with Gasteiger partial charge in [-0.05, 0) is 31.5 Å². The average Bonchev–Trinajstić information content (AvgIpc) is 3.02. The molecule has 2 fully saturated rings. The first-order valence-corrected chi connectivity index (χ1v) is 6.50. The molecule has 1 spiro atoms. The van der Waals surface area contributed by atoms with E-state index >= 15 is 0 Å². The molecule has 0 aromatic heterocycles. The Labute approximate surface area is 107 Å². The third kappa shape index (κ3) is 2.20. The second-order valence-electron chi connectivity index (χ2n) is 5.28. The van der Waals surface area contributed by atoms with Crippen molar-refractivity contribution in [3.8, 4) is 5.75 Å². The van der Waals surface area contributed by atoms with E-state index in [1.807, 2.05) is 23.1 Å². The number of hydrogen-bond acceptors (Lipinski definition) is 3. The summed E-state index contributed by atoms with van der Waals surface area (Å²) in [6, 6.07) is 9.26. The summed E-state index contributed by atoms with van der Waals surface area (Å²) in [6.07, 6.45) is 2.04. The first kappa shape index (κ1) is 11.5. The van der Waals surface area contributed by atoms with Crippen LogP contribution < -0.4 is 10.1 Å². The second kappa shape index (κ2) is 4.61. The van der Waals surface area contributed by atoms with E-state index in [2.05, 4.69) is 5.32 Å². The maximum Gasteiger partial charge on any atom is 0.415 e. The van der Waals surface area contributed by atoms with Crippen molar-refractivity contribution in [3.05, 3.63) is 30.3 Å². The van der Waals surface area contributed by atoms with Gasteiger partial charge >= 0.3 is 6.09 Å². The van der Waals surface area contributed by atoms with Crippen LogP contribution in [0.15, 0.2) is 30.3 Å². The molecular weight excluding hydrogens is 228 g/mol. The van der Waals surface area contributed by atoms with E-state index in [1.54, 1.807) is 12.1 Å². The van der Waals surface area contributed by atoms with Gasteiger partial charge in [0.2, 0.25) is 0 Å². The number of nitrogens with zero attached hydrogens (tertiary/aromatic N) is 1. The highest BCUT2D eigenvalue weighted by Crippen LogP contribution is 2.36. The molecule has 4 heteroatoms. The second-order valence-corrected chi connectivity index (χ2v) is 5.28. The fourth-order valence-corrected chi connectivity index (χ4v) is 2.89. The zero-order valence-corrected chi connectivity index (χ0v) is 10.4. The first-order valence-electron chi connectivity index (χ1n) is 6.50. The van der Waals surface area contributed by atoms with Crippen LogP contribution in [0.25, 0.3) is 0 Å². The Hall–Kier alpha value is -1.55. The van der Waals surface area contributed by atoms with Gasteiger partial charge in [0.1, 0.15) is 5.75 Å². The molecule has 0 bridgehead atoms. The number of nitrogens with one attached hydrogen (secondary N) is 1. The molecule has 96 valence electrons. The Bertz CT molecular complexity index is 427. The molecule has 18 heavy (non-hydrogen) atoms. The molecule has 0 saturated carbocycles. The normalized spacial score (nSPS) is 26.8. The topological polar surface area (TPSA) is 41.6 Å². The molecule has 1 amide bonds. The van der Waals surface area contributed by atoms with E-state index < -0.39 is 0 Å². The third-order valence-corrected chi connectivity index (χ3v) is 3.98. The minimum atomic E-state index is -0.218. The average molecular weight is 246 g/mol. The van der Waals surface area contributed by atoms with Crippen molar-refractivity contribution in [2.75, 3.05) is 26.2 Å². The van der Waals surface area contributed by atoms with Gasteiger partial charge in [0.15, 0.2) is 0 Å². The van der Waals surface area contributed by atoms with Crippen molar-refractivity contribution in [1.82, 2.24) is 10.2 Å². The number of benzene rings is 1. The summed E-state index contributed by atoms with van der Waals surface area (Å²) < 4.78 is 5.37. The molecule has 2 aliphatic rings. The summed E-state index contributed by atoms with van der Waals surface area (Å²) in [6.45, 7) is 3.74. The maximum absolute atomic E-state index is 12.0. The van der Waals surface area contributed by atoms with E-state index in [0.29, 0.717) is 11.2 Å². The summed E-state index contributed by atoms with van der Waals surface area (Å²) in [7, 11) is 0. The monoisotopic (exact) mass is 246 g/mol. The van der Waals surface area contributed by atoms with E-state index in [-0.39, 0.29) is 6.09 Å². The van der Waals surface area contributed by atoms with Crippen molar-refractivity contribution >= 4 is 6.09 Å². The van der Waals surface area contributed by atoms with Crippen LogP contribution in [-0.2, 0) is 0 Å². The lowest BCUT2D eigenvalue weighted by Crippen LogP contribution is -2.35. The molecule has 1 unspecified atom stereocenters. The molecule has 2 aliphatic heterocycles. The van der Waals surface area contributed by atoms with Gasteiger partial charge in [-0.25, -0.2) is 4.79 Å². The summed E-state index contributed by atoms with van der Waals surface area (Å²) >= 11 is 0. The highest BCUT2D eigenvalue weighted by molar-refractivity contribution is 5.71. The Morgan fingerprint density at radius 3 is 2.83 bits per heavy atom. The first-order chi connectivity index (χ1) is 8.77. The van der Waals surface area contributed by atoms with E-state index in [4.69, 9.17) is 4.74 Å². The van der Waals surface area contributed by atoms with Crippen LogP contribution in [0.5, 0.6) is 5.75 Å². The number of ether oxygens (including phenoxy) is 1. The Morgan fingerprint density at radius 1 is 1.28 bits per heavy atom. The number of likely N-dealkylation sites (tertiary alicyclic amines) is 1. The number of carbonyl (C=O) groups excluding carboxylic acids is 1. The smallest absolute Gasteiger partial charge is 0.410 e. The van der Waals surface area contributed by atoms with Crippen molar-refractivity contribution in [2.24, 2.45) is 5.41 Å². The van der Waals surface area contributed by atoms with Gasteiger partial charge in [-0.1, -0.05) is 18.2 Å². The van der Waals surface area contributed by atoms with Crippen molar-refractivity contribution in [3.63, 3.8) is 0 Å². The zero-order valence-electron chi connectivity index (χ0n) is 10.4. The number of hydrogen-bond donors (Lipinski definition) is 1. The largest absolute Gasteiger partial charge is 0.415 e. The lowest BCUT2D eigenvalue weighted by Gasteiger charge is -2.22. The molecule has 1 aromatic rings. The van der Waals surface area contributed by atoms with Crippen LogP contribution >= 0.6 is 0 Å². The molecule has 4 nitrogen and oxygen atoms in total. The predicted octanol–water partition coefficient (Wildman–Crippen LogP) is 1.87. The molecule has 0 radical (unpaired) electrons. The Kier molecular flexibility index (Phi) is 2.96. The number of rotatable bonds is 1. The van der Waals surface area contributed by atoms with Gasteiger partial charge < -0.3 is 15.0 Å². The molecule has 1 aromatic carbocycles. The van der Waals surface area contributed by atoms with Gasteiger partial charge in [-0.3, -0.25) is 0 Å². The van der Waals surface area contributed by atoms with Gasteiger partial charge in [0.05, 0.1) is 0 Å². The van der Waals surface area contributed by atoms with Gasteiger partial charge in [0, 0.05) is 25.0 Å². The minimum Gasteiger partial charge on any atom is -0.410 e. The Balaban J connectivity index is 1.61. The molecule has 2 heterocycles. The maximum atomic E-state index is 12.0. The molecule has 3 rings (SSSR count). The van der Waals surface area contributed by atoms with Crippen molar-refractivity contribution < 1.29 is 9.53 Å². The lowest BCUT2D eigenvalue weighted by molar-refractivity contribution is 0.157. The highest BCUT2D eigenvalue weighted by Gasteiger charge is 2.42. The fourth-order valence-electron chi connectivity index (χ4n) is 2.89.